The molecule has 2 aromatic heterocycles. The van der Waals surface area contributed by atoms with Gasteiger partial charge >= 0.3 is 0 Å². The van der Waals surface area contributed by atoms with E-state index in [1.165, 1.54) is 44.1 Å². The molecule has 0 fully saturated rings. The summed E-state index contributed by atoms with van der Waals surface area (Å²) in [5.74, 6) is 0. The molecule has 0 atom stereocenters. The van der Waals surface area contributed by atoms with E-state index in [1.54, 1.807) is 0 Å². The molecule has 2 heteroatoms. The van der Waals surface area contributed by atoms with E-state index in [9.17, 15) is 0 Å². The number of rotatable bonds is 1. The molecule has 3 aromatic carbocycles. The molecule has 0 N–H and O–H groups in total. The highest BCUT2D eigenvalue weighted by atomic mass is 15.0. The van der Waals surface area contributed by atoms with Crippen LogP contribution in [0.4, 0.5) is 0 Å². The predicted molar refractivity (Wildman–Crippen MR) is 116 cm³/mol. The van der Waals surface area contributed by atoms with Crippen LogP contribution in [0, 0.1) is 0 Å². The molecule has 0 radical (unpaired) electrons. The van der Waals surface area contributed by atoms with Gasteiger partial charge in [-0.3, -0.25) is 4.98 Å². The van der Waals surface area contributed by atoms with Gasteiger partial charge in [0, 0.05) is 22.4 Å². The molecule has 0 saturated carbocycles. The third kappa shape index (κ3) is 1.85. The largest absolute Gasteiger partial charge is 0.308 e. The van der Waals surface area contributed by atoms with Crippen molar-refractivity contribution in [1.29, 1.82) is 0 Å². The number of hydrogen-bond acceptors (Lipinski definition) is 1. The first-order valence-corrected chi connectivity index (χ1v) is 9.75. The topological polar surface area (TPSA) is 17.8 Å². The number of hydrogen-bond donors (Lipinski definition) is 0. The summed E-state index contributed by atoms with van der Waals surface area (Å²) in [6.45, 7) is 4.71. The Hall–Kier alpha value is -3.39. The Morgan fingerprint density at radius 3 is 2.43 bits per heavy atom. The third-order valence-corrected chi connectivity index (χ3v) is 6.26. The summed E-state index contributed by atoms with van der Waals surface area (Å²) < 4.78 is 2.34. The molecule has 2 nitrogen and oxygen atoms in total. The summed E-state index contributed by atoms with van der Waals surface area (Å²) >= 11 is 0. The summed E-state index contributed by atoms with van der Waals surface area (Å²) in [6.07, 6.45) is 3.77. The standard InChI is InChI=1S/C26H20N2/c1-26(2)21-11-5-3-9-18(21)19-13-14-23-24(25(19)26)20-10-4-6-12-22(20)28(23)17-8-7-15-27-16-17/h3-16H,1-2H3. The van der Waals surface area contributed by atoms with Gasteiger partial charge in [0.15, 0.2) is 0 Å². The molecule has 134 valence electrons. The summed E-state index contributed by atoms with van der Waals surface area (Å²) in [7, 11) is 0. The average molecular weight is 360 g/mol. The minimum atomic E-state index is -0.0324. The molecule has 5 aromatic rings. The lowest BCUT2D eigenvalue weighted by molar-refractivity contribution is 0.666. The van der Waals surface area contributed by atoms with Crippen LogP contribution in [0.2, 0.25) is 0 Å². The molecule has 1 aliphatic rings. The van der Waals surface area contributed by atoms with Crippen molar-refractivity contribution in [3.05, 3.63) is 96.3 Å². The molecular formula is C26H20N2. The first-order chi connectivity index (χ1) is 13.7. The van der Waals surface area contributed by atoms with E-state index in [0.717, 1.165) is 5.69 Å². The van der Waals surface area contributed by atoms with E-state index < -0.39 is 0 Å². The molecule has 0 saturated heterocycles. The molecule has 0 spiro atoms. The number of benzene rings is 3. The molecule has 1 aliphatic carbocycles. The van der Waals surface area contributed by atoms with Crippen LogP contribution in [-0.4, -0.2) is 9.55 Å². The molecule has 6 rings (SSSR count). The van der Waals surface area contributed by atoms with Crippen LogP contribution in [0.1, 0.15) is 25.0 Å². The normalized spacial score (nSPS) is 14.4. The van der Waals surface area contributed by atoms with Crippen molar-refractivity contribution in [2.75, 3.05) is 0 Å². The van der Waals surface area contributed by atoms with E-state index in [4.69, 9.17) is 0 Å². The van der Waals surface area contributed by atoms with E-state index in [0.29, 0.717) is 0 Å². The second-order valence-corrected chi connectivity index (χ2v) is 8.12. The average Bonchev–Trinajstić information content (AvgIpc) is 3.19. The van der Waals surface area contributed by atoms with Gasteiger partial charge in [-0.25, -0.2) is 0 Å². The Balaban J connectivity index is 1.83. The second-order valence-electron chi connectivity index (χ2n) is 8.12. The zero-order chi connectivity index (χ0) is 18.9. The first-order valence-electron chi connectivity index (χ1n) is 9.75. The van der Waals surface area contributed by atoms with Gasteiger partial charge < -0.3 is 4.57 Å². The Bertz CT molecular complexity index is 1370. The van der Waals surface area contributed by atoms with Gasteiger partial charge in [-0.1, -0.05) is 62.4 Å². The fourth-order valence-electron chi connectivity index (χ4n) is 5.10. The minimum Gasteiger partial charge on any atom is -0.308 e. The minimum absolute atomic E-state index is 0.0324. The van der Waals surface area contributed by atoms with Crippen molar-refractivity contribution >= 4 is 21.8 Å². The number of aromatic nitrogens is 2. The van der Waals surface area contributed by atoms with Gasteiger partial charge in [-0.15, -0.1) is 0 Å². The first kappa shape index (κ1) is 15.6. The molecule has 2 heterocycles. The van der Waals surface area contributed by atoms with Crippen LogP contribution in [0.25, 0.3) is 38.6 Å². The van der Waals surface area contributed by atoms with Gasteiger partial charge in [0.25, 0.3) is 0 Å². The molecular weight excluding hydrogens is 340 g/mol. The van der Waals surface area contributed by atoms with Crippen LogP contribution < -0.4 is 0 Å². The van der Waals surface area contributed by atoms with Gasteiger partial charge in [-0.2, -0.15) is 0 Å². The van der Waals surface area contributed by atoms with Crippen LogP contribution in [0.5, 0.6) is 0 Å². The maximum absolute atomic E-state index is 4.37. The Morgan fingerprint density at radius 2 is 1.57 bits per heavy atom. The van der Waals surface area contributed by atoms with E-state index in [1.807, 2.05) is 18.5 Å². The van der Waals surface area contributed by atoms with Crippen molar-refractivity contribution in [3.8, 4) is 16.8 Å². The number of pyridine rings is 1. The van der Waals surface area contributed by atoms with Crippen LogP contribution in [-0.2, 0) is 5.41 Å². The van der Waals surface area contributed by atoms with Gasteiger partial charge in [-0.05, 0) is 46.5 Å². The van der Waals surface area contributed by atoms with Gasteiger partial charge in [0.05, 0.1) is 22.9 Å². The van der Waals surface area contributed by atoms with Gasteiger partial charge in [0.2, 0.25) is 0 Å². The lowest BCUT2D eigenvalue weighted by Gasteiger charge is -2.22. The molecule has 0 bridgehead atoms. The summed E-state index contributed by atoms with van der Waals surface area (Å²) in [5.41, 5.74) is 9.11. The lowest BCUT2D eigenvalue weighted by Crippen LogP contribution is -2.15. The fraction of sp³-hybridized carbons (Fsp3) is 0.115. The third-order valence-electron chi connectivity index (χ3n) is 6.26. The molecule has 0 unspecified atom stereocenters. The van der Waals surface area contributed by atoms with Crippen molar-refractivity contribution in [1.82, 2.24) is 9.55 Å². The highest BCUT2D eigenvalue weighted by molar-refractivity contribution is 6.14. The lowest BCUT2D eigenvalue weighted by atomic mass is 9.80. The summed E-state index contributed by atoms with van der Waals surface area (Å²) in [6, 6.07) is 26.3. The van der Waals surface area contributed by atoms with Crippen molar-refractivity contribution < 1.29 is 0 Å². The Kier molecular flexibility index (Phi) is 2.98. The Labute approximate surface area is 164 Å². The monoisotopic (exact) mass is 360 g/mol. The summed E-state index contributed by atoms with van der Waals surface area (Å²) in [5, 5.41) is 2.66. The van der Waals surface area contributed by atoms with E-state index >= 15 is 0 Å². The highest BCUT2D eigenvalue weighted by Gasteiger charge is 2.37. The van der Waals surface area contributed by atoms with Crippen molar-refractivity contribution in [2.24, 2.45) is 0 Å². The van der Waals surface area contributed by atoms with E-state index in [2.05, 4.69) is 90.1 Å². The fourth-order valence-corrected chi connectivity index (χ4v) is 5.10. The maximum Gasteiger partial charge on any atom is 0.0645 e. The smallest absolute Gasteiger partial charge is 0.0645 e. The predicted octanol–water partition coefficient (Wildman–Crippen LogP) is 6.49. The van der Waals surface area contributed by atoms with Crippen LogP contribution >= 0.6 is 0 Å². The number of fused-ring (bicyclic) bond motifs is 7. The number of para-hydroxylation sites is 1. The molecule has 28 heavy (non-hydrogen) atoms. The van der Waals surface area contributed by atoms with Crippen LogP contribution in [0.15, 0.2) is 85.2 Å². The molecule has 0 amide bonds. The second kappa shape index (κ2) is 5.32. The van der Waals surface area contributed by atoms with Gasteiger partial charge in [0.1, 0.15) is 0 Å². The summed E-state index contributed by atoms with van der Waals surface area (Å²) in [4.78, 5) is 4.37. The molecule has 0 aliphatic heterocycles. The zero-order valence-electron chi connectivity index (χ0n) is 16.0. The van der Waals surface area contributed by atoms with E-state index in [-0.39, 0.29) is 5.41 Å². The van der Waals surface area contributed by atoms with Crippen LogP contribution in [0.3, 0.4) is 0 Å². The zero-order valence-corrected chi connectivity index (χ0v) is 16.0. The SMILES string of the molecule is CC1(C)c2ccccc2-c2ccc3c(c21)c1ccccc1n3-c1cccnc1. The highest BCUT2D eigenvalue weighted by Crippen LogP contribution is 2.53. The van der Waals surface area contributed by atoms with Crippen molar-refractivity contribution in [2.45, 2.75) is 19.3 Å². The quantitative estimate of drug-likeness (QED) is 0.334. The maximum atomic E-state index is 4.37. The Morgan fingerprint density at radius 1 is 0.750 bits per heavy atom. The number of nitrogens with zero attached hydrogens (tertiary/aromatic N) is 2. The van der Waals surface area contributed by atoms with Crippen molar-refractivity contribution in [3.63, 3.8) is 0 Å².